The van der Waals surface area contributed by atoms with Gasteiger partial charge in [-0.25, -0.2) is 0 Å². The van der Waals surface area contributed by atoms with E-state index in [1.807, 2.05) is 0 Å². The van der Waals surface area contributed by atoms with Crippen LogP contribution < -0.4 is 0 Å². The van der Waals surface area contributed by atoms with Gasteiger partial charge >= 0.3 is 0 Å². The van der Waals surface area contributed by atoms with Gasteiger partial charge in [-0.3, -0.25) is 9.59 Å². The molecule has 1 atom stereocenters. The number of hydrogen-bond acceptors (Lipinski definition) is 4. The lowest BCUT2D eigenvalue weighted by molar-refractivity contribution is -0.125. The van der Waals surface area contributed by atoms with Gasteiger partial charge in [0, 0.05) is 6.08 Å². The summed E-state index contributed by atoms with van der Waals surface area (Å²) < 4.78 is 5.11. The maximum Gasteiger partial charge on any atom is 0.205 e. The normalized spacial score (nSPS) is 24.3. The average molecular weight is 220 g/mol. The molecule has 0 bridgehead atoms. The fourth-order valence-corrected chi connectivity index (χ4v) is 1.95. The van der Waals surface area contributed by atoms with E-state index in [0.29, 0.717) is 13.0 Å². The van der Waals surface area contributed by atoms with E-state index in [1.54, 1.807) is 13.0 Å². The van der Waals surface area contributed by atoms with Crippen molar-refractivity contribution in [1.82, 2.24) is 0 Å². The second-order valence-corrected chi connectivity index (χ2v) is 3.66. The number of allylic oxidation sites excluding steroid dienone is 5. The zero-order valence-electron chi connectivity index (χ0n) is 8.90. The lowest BCUT2D eigenvalue weighted by Gasteiger charge is -2.24. The Morgan fingerprint density at radius 3 is 2.94 bits per heavy atom. The van der Waals surface area contributed by atoms with Gasteiger partial charge in [0.1, 0.15) is 5.76 Å². The molecule has 2 rings (SSSR count). The highest BCUT2D eigenvalue weighted by molar-refractivity contribution is 6.18. The molecule has 0 amide bonds. The minimum Gasteiger partial charge on any atom is -0.508 e. The molecule has 16 heavy (non-hydrogen) atoms. The Labute approximate surface area is 92.9 Å². The van der Waals surface area contributed by atoms with Crippen LogP contribution in [0.5, 0.6) is 0 Å². The first-order chi connectivity index (χ1) is 7.65. The summed E-state index contributed by atoms with van der Waals surface area (Å²) in [5.74, 6) is -1.16. The Balaban J connectivity index is 2.44. The number of Topliss-reactive ketones (excluding diaryl/α,β-unsaturated/α-hetero) is 1. The summed E-state index contributed by atoms with van der Waals surface area (Å²) in [6.45, 7) is 2.10. The van der Waals surface area contributed by atoms with Crippen LogP contribution in [0.3, 0.4) is 0 Å². The molecular formula is C12H12O4. The highest BCUT2D eigenvalue weighted by Crippen LogP contribution is 2.32. The van der Waals surface area contributed by atoms with Crippen LogP contribution in [-0.4, -0.2) is 23.3 Å². The summed E-state index contributed by atoms with van der Waals surface area (Å²) in [5, 5.41) is 9.56. The van der Waals surface area contributed by atoms with Gasteiger partial charge in [-0.05, 0) is 19.4 Å². The number of hydrogen-bond donors (Lipinski definition) is 1. The Morgan fingerprint density at radius 1 is 1.50 bits per heavy atom. The largest absolute Gasteiger partial charge is 0.508 e. The Hall–Kier alpha value is -1.84. The highest BCUT2D eigenvalue weighted by Gasteiger charge is 2.37. The van der Waals surface area contributed by atoms with E-state index in [9.17, 15) is 14.7 Å². The molecule has 0 aromatic carbocycles. The number of rotatable bonds is 2. The maximum absolute atomic E-state index is 11.9. The summed E-state index contributed by atoms with van der Waals surface area (Å²) in [4.78, 5) is 23.6. The molecule has 4 nitrogen and oxygen atoms in total. The molecule has 1 unspecified atom stereocenters. The Bertz CT molecular complexity index is 440. The molecule has 0 aromatic heterocycles. The van der Waals surface area contributed by atoms with Gasteiger partial charge in [-0.1, -0.05) is 6.08 Å². The van der Waals surface area contributed by atoms with Gasteiger partial charge in [0.25, 0.3) is 0 Å². The number of aliphatic hydroxyl groups is 1. The zero-order chi connectivity index (χ0) is 11.7. The van der Waals surface area contributed by atoms with E-state index >= 15 is 0 Å². The first-order valence-electron chi connectivity index (χ1n) is 5.17. The molecule has 2 aliphatic rings. The van der Waals surface area contributed by atoms with E-state index in [2.05, 4.69) is 0 Å². The van der Waals surface area contributed by atoms with Gasteiger partial charge in [-0.15, -0.1) is 0 Å². The van der Waals surface area contributed by atoms with Crippen molar-refractivity contribution < 1.29 is 19.4 Å². The molecule has 0 saturated heterocycles. The van der Waals surface area contributed by atoms with E-state index in [4.69, 9.17) is 4.74 Å². The SMILES string of the molecule is CCOC1=CC(=O)C2=C(O)C=CCC2C1=O. The van der Waals surface area contributed by atoms with Crippen molar-refractivity contribution in [3.05, 3.63) is 35.3 Å². The smallest absolute Gasteiger partial charge is 0.205 e. The lowest BCUT2D eigenvalue weighted by Crippen LogP contribution is -2.30. The third-order valence-electron chi connectivity index (χ3n) is 2.66. The molecule has 2 aliphatic carbocycles. The van der Waals surface area contributed by atoms with Gasteiger partial charge < -0.3 is 9.84 Å². The molecule has 0 aliphatic heterocycles. The third kappa shape index (κ3) is 1.56. The van der Waals surface area contributed by atoms with Crippen LogP contribution in [-0.2, 0) is 14.3 Å². The van der Waals surface area contributed by atoms with Crippen molar-refractivity contribution in [3.63, 3.8) is 0 Å². The van der Waals surface area contributed by atoms with Crippen LogP contribution in [0.1, 0.15) is 13.3 Å². The van der Waals surface area contributed by atoms with E-state index < -0.39 is 5.92 Å². The summed E-state index contributed by atoms with van der Waals surface area (Å²) in [6.07, 6.45) is 4.74. The van der Waals surface area contributed by atoms with Crippen LogP contribution in [0, 0.1) is 5.92 Å². The maximum atomic E-state index is 11.9. The molecule has 0 radical (unpaired) electrons. The number of carbonyl (C=O) groups excluding carboxylic acids is 2. The van der Waals surface area contributed by atoms with Crippen LogP contribution in [0.2, 0.25) is 0 Å². The molecule has 1 N–H and O–H groups in total. The van der Waals surface area contributed by atoms with Gasteiger partial charge in [0.15, 0.2) is 11.5 Å². The monoisotopic (exact) mass is 220 g/mol. The second kappa shape index (κ2) is 3.96. The van der Waals surface area contributed by atoms with Crippen molar-refractivity contribution >= 4 is 11.6 Å². The third-order valence-corrected chi connectivity index (χ3v) is 2.66. The number of aliphatic hydroxyl groups excluding tert-OH is 1. The summed E-state index contributed by atoms with van der Waals surface area (Å²) in [6, 6.07) is 0. The summed E-state index contributed by atoms with van der Waals surface area (Å²) >= 11 is 0. The molecule has 0 saturated carbocycles. The van der Waals surface area contributed by atoms with Crippen molar-refractivity contribution in [2.24, 2.45) is 5.92 Å². The van der Waals surface area contributed by atoms with Crippen molar-refractivity contribution in [1.29, 1.82) is 0 Å². The standard InChI is InChI=1S/C12H12O4/c1-2-16-10-6-9(14)11-7(12(10)15)4-3-5-8(11)13/h3,5-7,13H,2,4H2,1H3. The second-order valence-electron chi connectivity index (χ2n) is 3.66. The van der Waals surface area contributed by atoms with E-state index in [1.165, 1.54) is 6.08 Å². The van der Waals surface area contributed by atoms with E-state index in [0.717, 1.165) is 6.08 Å². The number of ether oxygens (including phenoxy) is 1. The fourth-order valence-electron chi connectivity index (χ4n) is 1.95. The Morgan fingerprint density at radius 2 is 2.25 bits per heavy atom. The molecule has 84 valence electrons. The molecule has 0 fully saturated rings. The fraction of sp³-hybridized carbons (Fsp3) is 0.333. The van der Waals surface area contributed by atoms with Crippen molar-refractivity contribution in [2.75, 3.05) is 6.61 Å². The summed E-state index contributed by atoms with van der Waals surface area (Å²) in [5.41, 5.74) is 0.191. The summed E-state index contributed by atoms with van der Waals surface area (Å²) in [7, 11) is 0. The van der Waals surface area contributed by atoms with Crippen LogP contribution in [0.4, 0.5) is 0 Å². The molecular weight excluding hydrogens is 208 g/mol. The zero-order valence-corrected chi connectivity index (χ0v) is 8.90. The quantitative estimate of drug-likeness (QED) is 0.765. The first kappa shape index (κ1) is 10.7. The van der Waals surface area contributed by atoms with Crippen LogP contribution in [0.15, 0.2) is 35.3 Å². The van der Waals surface area contributed by atoms with Crippen LogP contribution in [0.25, 0.3) is 0 Å². The number of ketones is 2. The molecule has 0 aromatic rings. The van der Waals surface area contributed by atoms with Gasteiger partial charge in [-0.2, -0.15) is 0 Å². The number of fused-ring (bicyclic) bond motifs is 1. The Kier molecular flexibility index (Phi) is 2.64. The minimum atomic E-state index is -0.580. The molecule has 0 heterocycles. The molecule has 4 heteroatoms. The predicted molar refractivity (Wildman–Crippen MR) is 56.6 cm³/mol. The molecule has 0 spiro atoms. The topological polar surface area (TPSA) is 63.6 Å². The van der Waals surface area contributed by atoms with Crippen molar-refractivity contribution in [3.8, 4) is 0 Å². The van der Waals surface area contributed by atoms with Crippen LogP contribution >= 0.6 is 0 Å². The average Bonchev–Trinajstić information content (AvgIpc) is 2.25. The minimum absolute atomic E-state index is 0.101. The first-order valence-corrected chi connectivity index (χ1v) is 5.17. The lowest BCUT2D eigenvalue weighted by atomic mass is 9.80. The van der Waals surface area contributed by atoms with Gasteiger partial charge in [0.05, 0.1) is 18.1 Å². The van der Waals surface area contributed by atoms with Gasteiger partial charge in [0.2, 0.25) is 5.78 Å². The van der Waals surface area contributed by atoms with E-state index in [-0.39, 0.29) is 28.7 Å². The highest BCUT2D eigenvalue weighted by atomic mass is 16.5. The van der Waals surface area contributed by atoms with Crippen molar-refractivity contribution in [2.45, 2.75) is 13.3 Å². The predicted octanol–water partition coefficient (Wildman–Crippen LogP) is 1.45. The number of carbonyl (C=O) groups is 2.